The van der Waals surface area contributed by atoms with Crippen molar-refractivity contribution in [2.75, 3.05) is 18.4 Å². The number of hydrogen-bond donors (Lipinski definition) is 1. The van der Waals surface area contributed by atoms with Gasteiger partial charge in [-0.2, -0.15) is 0 Å². The first-order valence-electron chi connectivity index (χ1n) is 10.4. The van der Waals surface area contributed by atoms with Crippen LogP contribution in [0.15, 0.2) is 42.5 Å². The number of carbonyl (C=O) groups excluding carboxylic acids is 2. The van der Waals surface area contributed by atoms with Crippen LogP contribution < -0.4 is 10.1 Å². The van der Waals surface area contributed by atoms with Gasteiger partial charge in [0.1, 0.15) is 5.75 Å². The highest BCUT2D eigenvalue weighted by molar-refractivity contribution is 6.04. The third kappa shape index (κ3) is 5.37. The van der Waals surface area contributed by atoms with Gasteiger partial charge in [-0.3, -0.25) is 9.59 Å². The number of ether oxygens (including phenoxy) is 1. The van der Waals surface area contributed by atoms with Crippen molar-refractivity contribution in [1.29, 1.82) is 0 Å². The van der Waals surface area contributed by atoms with Gasteiger partial charge < -0.3 is 15.0 Å². The van der Waals surface area contributed by atoms with Crippen LogP contribution in [0.25, 0.3) is 0 Å². The second kappa shape index (κ2) is 9.59. The molecule has 0 aliphatic carbocycles. The molecule has 0 spiro atoms. The molecule has 2 aromatic rings. The zero-order chi connectivity index (χ0) is 20.8. The van der Waals surface area contributed by atoms with Crippen LogP contribution in [0.1, 0.15) is 54.1 Å². The Labute approximate surface area is 173 Å². The van der Waals surface area contributed by atoms with Gasteiger partial charge in [-0.15, -0.1) is 0 Å². The number of nitrogens with one attached hydrogen (secondary N) is 1. The van der Waals surface area contributed by atoms with E-state index in [9.17, 15) is 9.59 Å². The normalized spacial score (nSPS) is 15.3. The summed E-state index contributed by atoms with van der Waals surface area (Å²) in [5.74, 6) is 0.356. The highest BCUT2D eigenvalue weighted by Gasteiger charge is 2.22. The Bertz CT molecular complexity index is 870. The lowest BCUT2D eigenvalue weighted by Crippen LogP contribution is -2.34. The Morgan fingerprint density at radius 2 is 1.66 bits per heavy atom. The number of anilines is 1. The minimum atomic E-state index is -0.682. The molecule has 1 fully saturated rings. The van der Waals surface area contributed by atoms with E-state index < -0.39 is 6.10 Å². The maximum atomic E-state index is 13.0. The van der Waals surface area contributed by atoms with Crippen LogP contribution in [0.2, 0.25) is 0 Å². The van der Waals surface area contributed by atoms with Gasteiger partial charge in [-0.05, 0) is 69.0 Å². The van der Waals surface area contributed by atoms with E-state index in [0.717, 1.165) is 44.3 Å². The SMILES string of the molecule is Cc1ccc(O[C@H](C)C(=O)Nc2ccccc2C(=O)N2CCCCCC2)cc1C. The van der Waals surface area contributed by atoms with Crippen molar-refractivity contribution < 1.29 is 14.3 Å². The van der Waals surface area contributed by atoms with Gasteiger partial charge in [-0.25, -0.2) is 0 Å². The molecular weight excluding hydrogens is 364 g/mol. The Balaban J connectivity index is 1.69. The largest absolute Gasteiger partial charge is 0.481 e. The predicted molar refractivity (Wildman–Crippen MR) is 115 cm³/mol. The second-order valence-corrected chi connectivity index (χ2v) is 7.75. The number of nitrogens with zero attached hydrogens (tertiary/aromatic N) is 1. The molecule has 0 saturated carbocycles. The van der Waals surface area contributed by atoms with E-state index in [1.54, 1.807) is 19.1 Å². The fraction of sp³-hybridized carbons (Fsp3) is 0.417. The standard InChI is InChI=1S/C24H30N2O3/c1-17-12-13-20(16-18(17)2)29-19(3)23(27)25-22-11-7-6-10-21(22)24(28)26-14-8-4-5-9-15-26/h6-7,10-13,16,19H,4-5,8-9,14-15H2,1-3H3,(H,25,27)/t19-/m1/s1. The van der Waals surface area contributed by atoms with Crippen LogP contribution in [-0.2, 0) is 4.79 Å². The maximum absolute atomic E-state index is 13.0. The van der Waals surface area contributed by atoms with Crippen LogP contribution in [-0.4, -0.2) is 35.9 Å². The van der Waals surface area contributed by atoms with Gasteiger partial charge in [0.15, 0.2) is 6.10 Å². The van der Waals surface area contributed by atoms with Crippen LogP contribution in [0, 0.1) is 13.8 Å². The summed E-state index contributed by atoms with van der Waals surface area (Å²) in [5, 5.41) is 2.88. The average molecular weight is 395 g/mol. The lowest BCUT2D eigenvalue weighted by Gasteiger charge is -2.22. The van der Waals surface area contributed by atoms with Crippen LogP contribution >= 0.6 is 0 Å². The number of rotatable bonds is 5. The first-order valence-corrected chi connectivity index (χ1v) is 10.4. The van der Waals surface area contributed by atoms with E-state index >= 15 is 0 Å². The summed E-state index contributed by atoms with van der Waals surface area (Å²) < 4.78 is 5.81. The summed E-state index contributed by atoms with van der Waals surface area (Å²) >= 11 is 0. The Hall–Kier alpha value is -2.82. The molecule has 5 heteroatoms. The van der Waals surface area contributed by atoms with E-state index in [1.165, 1.54) is 5.56 Å². The molecule has 154 valence electrons. The molecule has 2 aromatic carbocycles. The van der Waals surface area contributed by atoms with Crippen molar-refractivity contribution in [2.45, 2.75) is 52.6 Å². The molecule has 29 heavy (non-hydrogen) atoms. The summed E-state index contributed by atoms with van der Waals surface area (Å²) in [7, 11) is 0. The van der Waals surface area contributed by atoms with Crippen LogP contribution in [0.4, 0.5) is 5.69 Å². The summed E-state index contributed by atoms with van der Waals surface area (Å²) in [6.07, 6.45) is 3.70. The highest BCUT2D eigenvalue weighted by Crippen LogP contribution is 2.21. The van der Waals surface area contributed by atoms with E-state index in [2.05, 4.69) is 5.32 Å². The molecule has 1 aliphatic heterocycles. The van der Waals surface area contributed by atoms with Crippen LogP contribution in [0.5, 0.6) is 5.75 Å². The zero-order valence-electron chi connectivity index (χ0n) is 17.5. The van der Waals surface area contributed by atoms with E-state index in [0.29, 0.717) is 17.0 Å². The molecule has 0 unspecified atom stereocenters. The number of likely N-dealkylation sites (tertiary alicyclic amines) is 1. The molecule has 1 heterocycles. The van der Waals surface area contributed by atoms with Gasteiger partial charge in [-0.1, -0.05) is 31.0 Å². The molecule has 1 atom stereocenters. The van der Waals surface area contributed by atoms with Crippen molar-refractivity contribution in [3.8, 4) is 5.75 Å². The second-order valence-electron chi connectivity index (χ2n) is 7.75. The first-order chi connectivity index (χ1) is 14.0. The number of carbonyl (C=O) groups is 2. The van der Waals surface area contributed by atoms with Crippen molar-refractivity contribution in [1.82, 2.24) is 4.90 Å². The minimum Gasteiger partial charge on any atom is -0.481 e. The topological polar surface area (TPSA) is 58.6 Å². The van der Waals surface area contributed by atoms with Gasteiger partial charge in [0.25, 0.3) is 11.8 Å². The van der Waals surface area contributed by atoms with Gasteiger partial charge in [0.05, 0.1) is 11.3 Å². The first kappa shape index (κ1) is 20.9. The number of para-hydroxylation sites is 1. The lowest BCUT2D eigenvalue weighted by molar-refractivity contribution is -0.122. The van der Waals surface area contributed by atoms with Gasteiger partial charge in [0, 0.05) is 13.1 Å². The number of aryl methyl sites for hydroxylation is 2. The molecule has 0 radical (unpaired) electrons. The Morgan fingerprint density at radius 3 is 2.34 bits per heavy atom. The molecule has 1 saturated heterocycles. The monoisotopic (exact) mass is 394 g/mol. The minimum absolute atomic E-state index is 0.0227. The Morgan fingerprint density at radius 1 is 0.966 bits per heavy atom. The number of amides is 2. The van der Waals surface area contributed by atoms with Crippen molar-refractivity contribution in [3.05, 3.63) is 59.2 Å². The van der Waals surface area contributed by atoms with Crippen LogP contribution in [0.3, 0.4) is 0 Å². The summed E-state index contributed by atoms with van der Waals surface area (Å²) in [5.41, 5.74) is 3.35. The predicted octanol–water partition coefficient (Wildman–Crippen LogP) is 4.73. The molecule has 3 rings (SSSR count). The Kier molecular flexibility index (Phi) is 6.91. The van der Waals surface area contributed by atoms with Crippen molar-refractivity contribution in [2.24, 2.45) is 0 Å². The fourth-order valence-electron chi connectivity index (χ4n) is 3.50. The fourth-order valence-corrected chi connectivity index (χ4v) is 3.50. The van der Waals surface area contributed by atoms with Crippen molar-refractivity contribution >= 4 is 17.5 Å². The van der Waals surface area contributed by atoms with Gasteiger partial charge in [0.2, 0.25) is 0 Å². The number of hydrogen-bond acceptors (Lipinski definition) is 3. The van der Waals surface area contributed by atoms with E-state index in [1.807, 2.05) is 49.1 Å². The summed E-state index contributed by atoms with van der Waals surface area (Å²) in [6, 6.07) is 13.0. The third-order valence-electron chi connectivity index (χ3n) is 5.47. The molecule has 2 amide bonds. The molecule has 5 nitrogen and oxygen atoms in total. The molecule has 1 N–H and O–H groups in total. The highest BCUT2D eigenvalue weighted by atomic mass is 16.5. The summed E-state index contributed by atoms with van der Waals surface area (Å²) in [6.45, 7) is 7.30. The number of benzene rings is 2. The molecule has 0 aromatic heterocycles. The van der Waals surface area contributed by atoms with Gasteiger partial charge >= 0.3 is 0 Å². The summed E-state index contributed by atoms with van der Waals surface area (Å²) in [4.78, 5) is 27.6. The smallest absolute Gasteiger partial charge is 0.265 e. The average Bonchev–Trinajstić information content (AvgIpc) is 3.00. The zero-order valence-corrected chi connectivity index (χ0v) is 17.5. The third-order valence-corrected chi connectivity index (χ3v) is 5.47. The maximum Gasteiger partial charge on any atom is 0.265 e. The van der Waals surface area contributed by atoms with Crippen molar-refractivity contribution in [3.63, 3.8) is 0 Å². The molecular formula is C24H30N2O3. The van der Waals surface area contributed by atoms with E-state index in [-0.39, 0.29) is 11.8 Å². The lowest BCUT2D eigenvalue weighted by atomic mass is 10.1. The molecule has 0 bridgehead atoms. The van der Waals surface area contributed by atoms with E-state index in [4.69, 9.17) is 4.74 Å². The molecule has 1 aliphatic rings. The quantitative estimate of drug-likeness (QED) is 0.798.